The summed E-state index contributed by atoms with van der Waals surface area (Å²) in [6.45, 7) is 2.31. The van der Waals surface area contributed by atoms with Gasteiger partial charge >= 0.3 is 6.18 Å². The fourth-order valence-electron chi connectivity index (χ4n) is 1.75. The number of nitrogens with two attached hydrogens (primary N) is 1. The molecular formula is C10H17F3N4O2S. The van der Waals surface area contributed by atoms with Crippen molar-refractivity contribution >= 4 is 10.0 Å². The quantitative estimate of drug-likeness (QED) is 0.882. The molecule has 116 valence electrons. The van der Waals surface area contributed by atoms with E-state index in [0.717, 1.165) is 4.90 Å². The molecule has 0 radical (unpaired) electrons. The van der Waals surface area contributed by atoms with E-state index in [1.165, 1.54) is 17.8 Å². The molecule has 0 spiro atoms. The average Bonchev–Trinajstić information content (AvgIpc) is 2.57. The SMILES string of the molecule is CC(C)n1nc(S(N)(=O)=O)cc1CN(C)CC(F)(F)F. The lowest BCUT2D eigenvalue weighted by molar-refractivity contribution is -0.144. The molecule has 10 heteroatoms. The summed E-state index contributed by atoms with van der Waals surface area (Å²) in [5, 5.41) is 8.46. The molecule has 0 atom stereocenters. The van der Waals surface area contributed by atoms with E-state index in [2.05, 4.69) is 5.10 Å². The van der Waals surface area contributed by atoms with Crippen molar-refractivity contribution in [3.05, 3.63) is 11.8 Å². The first-order valence-corrected chi connectivity index (χ1v) is 7.31. The topological polar surface area (TPSA) is 81.2 Å². The zero-order valence-electron chi connectivity index (χ0n) is 11.3. The maximum Gasteiger partial charge on any atom is 0.401 e. The standard InChI is InChI=1S/C10H17F3N4O2S/c1-7(2)17-8(4-9(15-17)20(14,18)19)5-16(3)6-10(11,12)13/h4,7H,5-6H2,1-3H3,(H2,14,18,19). The van der Waals surface area contributed by atoms with Crippen molar-refractivity contribution in [1.29, 1.82) is 0 Å². The van der Waals surface area contributed by atoms with Crippen LogP contribution in [0.5, 0.6) is 0 Å². The van der Waals surface area contributed by atoms with E-state index >= 15 is 0 Å². The number of hydrogen-bond acceptors (Lipinski definition) is 4. The number of sulfonamides is 1. The Morgan fingerprint density at radius 2 is 2.00 bits per heavy atom. The Labute approximate surface area is 115 Å². The van der Waals surface area contributed by atoms with E-state index in [-0.39, 0.29) is 17.6 Å². The van der Waals surface area contributed by atoms with Gasteiger partial charge in [0, 0.05) is 18.7 Å². The zero-order valence-corrected chi connectivity index (χ0v) is 12.2. The molecule has 1 rings (SSSR count). The van der Waals surface area contributed by atoms with Crippen molar-refractivity contribution in [3.8, 4) is 0 Å². The van der Waals surface area contributed by atoms with Crippen molar-refractivity contribution < 1.29 is 21.6 Å². The predicted octanol–water partition coefficient (Wildman–Crippen LogP) is 1.11. The van der Waals surface area contributed by atoms with Gasteiger partial charge in [-0.3, -0.25) is 9.58 Å². The highest BCUT2D eigenvalue weighted by Crippen LogP contribution is 2.19. The Kier molecular flexibility index (Phi) is 4.82. The summed E-state index contributed by atoms with van der Waals surface area (Å²) >= 11 is 0. The van der Waals surface area contributed by atoms with E-state index in [4.69, 9.17) is 5.14 Å². The highest BCUT2D eigenvalue weighted by Gasteiger charge is 2.30. The molecule has 1 heterocycles. The minimum atomic E-state index is -4.32. The van der Waals surface area contributed by atoms with E-state index in [1.54, 1.807) is 13.8 Å². The summed E-state index contributed by atoms with van der Waals surface area (Å²) in [5.74, 6) is 0. The van der Waals surface area contributed by atoms with Crippen molar-refractivity contribution in [1.82, 2.24) is 14.7 Å². The minimum absolute atomic E-state index is 0.0831. The molecule has 0 saturated carbocycles. The molecule has 2 N–H and O–H groups in total. The number of primary sulfonamides is 1. The van der Waals surface area contributed by atoms with Crippen LogP contribution in [0.2, 0.25) is 0 Å². The zero-order chi connectivity index (χ0) is 15.7. The van der Waals surface area contributed by atoms with Gasteiger partial charge in [0.25, 0.3) is 10.0 Å². The lowest BCUT2D eigenvalue weighted by atomic mass is 10.3. The molecule has 20 heavy (non-hydrogen) atoms. The maximum absolute atomic E-state index is 12.3. The second-order valence-corrected chi connectivity index (χ2v) is 6.35. The van der Waals surface area contributed by atoms with Gasteiger partial charge in [0.15, 0.2) is 5.03 Å². The van der Waals surface area contributed by atoms with Crippen LogP contribution in [0.1, 0.15) is 25.6 Å². The molecule has 0 aliphatic rings. The van der Waals surface area contributed by atoms with Gasteiger partial charge in [-0.05, 0) is 20.9 Å². The monoisotopic (exact) mass is 314 g/mol. The van der Waals surface area contributed by atoms with Crippen molar-refractivity contribution in [2.75, 3.05) is 13.6 Å². The Morgan fingerprint density at radius 3 is 2.40 bits per heavy atom. The number of alkyl halides is 3. The highest BCUT2D eigenvalue weighted by atomic mass is 32.2. The van der Waals surface area contributed by atoms with Crippen LogP contribution in [0.25, 0.3) is 0 Å². The lowest BCUT2D eigenvalue weighted by Crippen LogP contribution is -2.31. The molecule has 1 aromatic rings. The summed E-state index contributed by atoms with van der Waals surface area (Å²) in [5.41, 5.74) is 0.357. The van der Waals surface area contributed by atoms with Crippen molar-refractivity contribution in [3.63, 3.8) is 0 Å². The van der Waals surface area contributed by atoms with Crippen molar-refractivity contribution in [2.45, 2.75) is 37.6 Å². The third kappa shape index (κ3) is 4.76. The summed E-state index contributed by atoms with van der Waals surface area (Å²) < 4.78 is 60.7. The fraction of sp³-hybridized carbons (Fsp3) is 0.700. The summed E-state index contributed by atoms with van der Waals surface area (Å²) in [6, 6.07) is 1.00. The van der Waals surface area contributed by atoms with E-state index in [1.807, 2.05) is 0 Å². The Hall–Kier alpha value is -1.13. The molecule has 0 amide bonds. The summed E-state index contributed by atoms with van der Waals surface area (Å²) in [7, 11) is -2.69. The third-order valence-corrected chi connectivity index (χ3v) is 3.23. The largest absolute Gasteiger partial charge is 0.401 e. The molecular weight excluding hydrogens is 297 g/mol. The lowest BCUT2D eigenvalue weighted by Gasteiger charge is -2.19. The normalized spacial score (nSPS) is 13.4. The average molecular weight is 314 g/mol. The van der Waals surface area contributed by atoms with Crippen LogP contribution in [0.3, 0.4) is 0 Å². The van der Waals surface area contributed by atoms with E-state index in [9.17, 15) is 21.6 Å². The number of aromatic nitrogens is 2. The summed E-state index contributed by atoms with van der Waals surface area (Å²) in [6.07, 6.45) is -4.32. The summed E-state index contributed by atoms with van der Waals surface area (Å²) in [4.78, 5) is 1.03. The first-order valence-electron chi connectivity index (χ1n) is 5.76. The molecule has 1 aromatic heterocycles. The van der Waals surface area contributed by atoms with Crippen LogP contribution < -0.4 is 5.14 Å². The second kappa shape index (κ2) is 5.70. The van der Waals surface area contributed by atoms with E-state index in [0.29, 0.717) is 5.69 Å². The molecule has 0 aromatic carbocycles. The molecule has 0 fully saturated rings. The molecule has 0 aliphatic carbocycles. The fourth-order valence-corrected chi connectivity index (χ4v) is 2.25. The Bertz CT molecular complexity index is 566. The Balaban J connectivity index is 3.02. The smallest absolute Gasteiger partial charge is 0.292 e. The van der Waals surface area contributed by atoms with Gasteiger partial charge in [0.05, 0.1) is 12.2 Å². The van der Waals surface area contributed by atoms with Crippen LogP contribution in [0.15, 0.2) is 11.1 Å². The molecule has 0 aliphatic heterocycles. The minimum Gasteiger partial charge on any atom is -0.292 e. The molecule has 0 bridgehead atoms. The van der Waals surface area contributed by atoms with Crippen LogP contribution in [-0.4, -0.2) is 42.9 Å². The number of nitrogens with zero attached hydrogens (tertiary/aromatic N) is 3. The van der Waals surface area contributed by atoms with Gasteiger partial charge in [-0.1, -0.05) is 0 Å². The van der Waals surface area contributed by atoms with Gasteiger partial charge in [0.1, 0.15) is 0 Å². The molecule has 0 saturated heterocycles. The van der Waals surface area contributed by atoms with Crippen LogP contribution in [-0.2, 0) is 16.6 Å². The van der Waals surface area contributed by atoms with Gasteiger partial charge < -0.3 is 0 Å². The van der Waals surface area contributed by atoms with E-state index < -0.39 is 22.7 Å². The number of hydrogen-bond donors (Lipinski definition) is 1. The van der Waals surface area contributed by atoms with Crippen LogP contribution in [0, 0.1) is 0 Å². The number of rotatable bonds is 5. The van der Waals surface area contributed by atoms with Gasteiger partial charge in [0.2, 0.25) is 0 Å². The number of halogens is 3. The maximum atomic E-state index is 12.3. The van der Waals surface area contributed by atoms with Gasteiger partial charge in [-0.2, -0.15) is 18.3 Å². The highest BCUT2D eigenvalue weighted by molar-refractivity contribution is 7.89. The van der Waals surface area contributed by atoms with Gasteiger partial charge in [-0.25, -0.2) is 13.6 Å². The first kappa shape index (κ1) is 16.9. The van der Waals surface area contributed by atoms with Crippen LogP contribution >= 0.6 is 0 Å². The predicted molar refractivity (Wildman–Crippen MR) is 66.4 cm³/mol. The van der Waals surface area contributed by atoms with Crippen LogP contribution in [0.4, 0.5) is 13.2 Å². The van der Waals surface area contributed by atoms with Crippen molar-refractivity contribution in [2.24, 2.45) is 5.14 Å². The molecule has 6 nitrogen and oxygen atoms in total. The van der Waals surface area contributed by atoms with Gasteiger partial charge in [-0.15, -0.1) is 0 Å². The first-order chi connectivity index (χ1) is 8.90. The molecule has 0 unspecified atom stereocenters. The third-order valence-electron chi connectivity index (χ3n) is 2.45. The second-order valence-electron chi connectivity index (χ2n) is 4.84. The Morgan fingerprint density at radius 1 is 1.45 bits per heavy atom.